The van der Waals surface area contributed by atoms with E-state index in [1.165, 1.54) is 30.5 Å². The van der Waals surface area contributed by atoms with Crippen LogP contribution in [0.3, 0.4) is 0 Å². The van der Waals surface area contributed by atoms with Crippen LogP contribution in [0.25, 0.3) is 11.5 Å². The number of H-pyrrole nitrogens is 1. The molecule has 0 saturated carbocycles. The summed E-state index contributed by atoms with van der Waals surface area (Å²) in [7, 11) is 0. The van der Waals surface area contributed by atoms with Crippen molar-refractivity contribution in [2.45, 2.75) is 0 Å². The van der Waals surface area contributed by atoms with E-state index in [0.717, 1.165) is 0 Å². The minimum Gasteiger partial charge on any atom is -0.463 e. The summed E-state index contributed by atoms with van der Waals surface area (Å²) in [5, 5.41) is 20.0. The maximum atomic E-state index is 12.2. The number of aromatic amines is 1. The Balaban J connectivity index is 1.82. The first-order chi connectivity index (χ1) is 11.0. The van der Waals surface area contributed by atoms with Gasteiger partial charge in [-0.3, -0.25) is 20.0 Å². The lowest BCUT2D eigenvalue weighted by molar-refractivity contribution is -0.384. The van der Waals surface area contributed by atoms with Crippen LogP contribution in [0.5, 0.6) is 0 Å². The predicted octanol–water partition coefficient (Wildman–Crippen LogP) is 3.48. The van der Waals surface area contributed by atoms with Crippen LogP contribution in [0.1, 0.15) is 10.5 Å². The maximum Gasteiger partial charge on any atom is 0.276 e. The Morgan fingerprint density at radius 1 is 1.35 bits per heavy atom. The van der Waals surface area contributed by atoms with Gasteiger partial charge >= 0.3 is 0 Å². The minimum absolute atomic E-state index is 0.0963. The summed E-state index contributed by atoms with van der Waals surface area (Å²) >= 11 is 5.94. The van der Waals surface area contributed by atoms with Gasteiger partial charge < -0.3 is 9.73 Å². The molecule has 23 heavy (non-hydrogen) atoms. The van der Waals surface area contributed by atoms with Crippen molar-refractivity contribution >= 4 is 28.9 Å². The molecule has 0 unspecified atom stereocenters. The Kier molecular flexibility index (Phi) is 3.82. The monoisotopic (exact) mass is 332 g/mol. The van der Waals surface area contributed by atoms with E-state index in [0.29, 0.717) is 11.5 Å². The van der Waals surface area contributed by atoms with Crippen LogP contribution in [0.4, 0.5) is 11.4 Å². The zero-order valence-electron chi connectivity index (χ0n) is 11.4. The molecule has 0 saturated heterocycles. The van der Waals surface area contributed by atoms with E-state index in [4.69, 9.17) is 16.0 Å². The van der Waals surface area contributed by atoms with Crippen LogP contribution in [-0.2, 0) is 0 Å². The summed E-state index contributed by atoms with van der Waals surface area (Å²) in [6.07, 6.45) is 1.50. The molecule has 0 spiro atoms. The number of hydrogen-bond donors (Lipinski definition) is 2. The lowest BCUT2D eigenvalue weighted by atomic mass is 10.2. The van der Waals surface area contributed by atoms with Crippen molar-refractivity contribution in [1.29, 1.82) is 0 Å². The van der Waals surface area contributed by atoms with E-state index in [9.17, 15) is 14.9 Å². The van der Waals surface area contributed by atoms with Crippen LogP contribution in [-0.4, -0.2) is 21.0 Å². The Morgan fingerprint density at radius 3 is 2.87 bits per heavy atom. The number of benzene rings is 1. The van der Waals surface area contributed by atoms with Crippen LogP contribution in [0.15, 0.2) is 47.1 Å². The third-order valence-corrected chi connectivity index (χ3v) is 3.34. The van der Waals surface area contributed by atoms with Gasteiger partial charge in [-0.15, -0.1) is 0 Å². The fourth-order valence-corrected chi connectivity index (χ4v) is 2.07. The number of furan rings is 1. The molecule has 0 fully saturated rings. The number of non-ortho nitro benzene ring substituents is 1. The Labute approximate surface area is 134 Å². The molecule has 0 aliphatic rings. The van der Waals surface area contributed by atoms with Crippen molar-refractivity contribution < 1.29 is 14.1 Å². The molecule has 0 aliphatic heterocycles. The van der Waals surface area contributed by atoms with Gasteiger partial charge in [0.05, 0.1) is 21.9 Å². The molecule has 2 aromatic heterocycles. The molecule has 0 aliphatic carbocycles. The highest BCUT2D eigenvalue weighted by molar-refractivity contribution is 6.34. The average Bonchev–Trinajstić information content (AvgIpc) is 3.20. The third-order valence-electron chi connectivity index (χ3n) is 3.01. The number of hydrogen-bond acceptors (Lipinski definition) is 5. The molecule has 116 valence electrons. The molecule has 2 N–H and O–H groups in total. The smallest absolute Gasteiger partial charge is 0.276 e. The minimum atomic E-state index is -0.574. The number of rotatable bonds is 4. The second-order valence-electron chi connectivity index (χ2n) is 4.52. The summed E-state index contributed by atoms with van der Waals surface area (Å²) in [5.74, 6) is -0.0219. The highest BCUT2D eigenvalue weighted by Gasteiger charge is 2.16. The third kappa shape index (κ3) is 3.06. The van der Waals surface area contributed by atoms with Crippen LogP contribution in [0, 0.1) is 10.1 Å². The molecule has 9 heteroatoms. The van der Waals surface area contributed by atoms with Crippen molar-refractivity contribution in [1.82, 2.24) is 10.2 Å². The highest BCUT2D eigenvalue weighted by Crippen LogP contribution is 2.27. The maximum absolute atomic E-state index is 12.2. The van der Waals surface area contributed by atoms with Crippen LogP contribution < -0.4 is 5.32 Å². The zero-order valence-corrected chi connectivity index (χ0v) is 12.2. The molecule has 0 atom stereocenters. The molecule has 3 rings (SSSR count). The van der Waals surface area contributed by atoms with Gasteiger partial charge in [-0.25, -0.2) is 0 Å². The number of nitro groups is 1. The Hall–Kier alpha value is -3.13. The van der Waals surface area contributed by atoms with Crippen LogP contribution >= 0.6 is 11.6 Å². The molecular weight excluding hydrogens is 324 g/mol. The van der Waals surface area contributed by atoms with E-state index in [1.54, 1.807) is 12.1 Å². The van der Waals surface area contributed by atoms with Gasteiger partial charge in [0.25, 0.3) is 11.6 Å². The lowest BCUT2D eigenvalue weighted by Gasteiger charge is -2.05. The topological polar surface area (TPSA) is 114 Å². The molecule has 0 bridgehead atoms. The average molecular weight is 333 g/mol. The van der Waals surface area contributed by atoms with Crippen LogP contribution in [0.2, 0.25) is 5.02 Å². The number of nitro benzene ring substituents is 1. The molecule has 3 aromatic rings. The first-order valence-corrected chi connectivity index (χ1v) is 6.77. The summed E-state index contributed by atoms with van der Waals surface area (Å²) in [6, 6.07) is 8.70. The number of anilines is 1. The number of carbonyl (C=O) groups is 1. The summed E-state index contributed by atoms with van der Waals surface area (Å²) in [6.45, 7) is 0. The summed E-state index contributed by atoms with van der Waals surface area (Å²) in [4.78, 5) is 22.4. The predicted molar refractivity (Wildman–Crippen MR) is 82.3 cm³/mol. The van der Waals surface area contributed by atoms with Crippen molar-refractivity contribution in [2.75, 3.05) is 5.32 Å². The van der Waals surface area contributed by atoms with Crippen molar-refractivity contribution in [2.24, 2.45) is 0 Å². The van der Waals surface area contributed by atoms with Crippen molar-refractivity contribution in [3.8, 4) is 11.5 Å². The second kappa shape index (κ2) is 5.93. The number of carbonyl (C=O) groups excluding carboxylic acids is 1. The number of nitrogens with zero attached hydrogens (tertiary/aromatic N) is 2. The molecule has 0 radical (unpaired) electrons. The largest absolute Gasteiger partial charge is 0.463 e. The van der Waals surface area contributed by atoms with E-state index >= 15 is 0 Å². The van der Waals surface area contributed by atoms with Crippen molar-refractivity contribution in [3.05, 3.63) is 63.5 Å². The highest BCUT2D eigenvalue weighted by atomic mass is 35.5. The fourth-order valence-electron chi connectivity index (χ4n) is 1.91. The van der Waals surface area contributed by atoms with Gasteiger partial charge in [-0.2, -0.15) is 5.10 Å². The molecule has 1 aromatic carbocycles. The quantitative estimate of drug-likeness (QED) is 0.560. The number of aromatic nitrogens is 2. The van der Waals surface area contributed by atoms with E-state index in [1.807, 2.05) is 0 Å². The summed E-state index contributed by atoms with van der Waals surface area (Å²) in [5.41, 5.74) is 0.584. The first-order valence-electron chi connectivity index (χ1n) is 6.39. The Morgan fingerprint density at radius 2 is 2.17 bits per heavy atom. The number of nitrogens with one attached hydrogen (secondary N) is 2. The van der Waals surface area contributed by atoms with Gasteiger partial charge in [0.1, 0.15) is 5.69 Å². The standard InChI is InChI=1S/C14H9ClN4O4/c15-9-4-3-8(19(21)22)6-10(9)16-14(20)12-7-11(17-18-12)13-2-1-5-23-13/h1-7H,(H,16,20)(H,17,18). The van der Waals surface area contributed by atoms with E-state index < -0.39 is 10.8 Å². The van der Waals surface area contributed by atoms with Gasteiger partial charge in [-0.05, 0) is 18.2 Å². The van der Waals surface area contributed by atoms with E-state index in [2.05, 4.69) is 15.5 Å². The zero-order chi connectivity index (χ0) is 16.4. The fraction of sp³-hybridized carbons (Fsp3) is 0. The molecular formula is C14H9ClN4O4. The first kappa shape index (κ1) is 14.8. The SMILES string of the molecule is O=C(Nc1cc([N+](=O)[O-])ccc1Cl)c1cc(-c2ccco2)[nH]n1. The van der Waals surface area contributed by atoms with Gasteiger partial charge in [0.15, 0.2) is 11.5 Å². The normalized spacial score (nSPS) is 10.5. The van der Waals surface area contributed by atoms with Gasteiger partial charge in [0, 0.05) is 18.2 Å². The van der Waals surface area contributed by atoms with Crippen molar-refractivity contribution in [3.63, 3.8) is 0 Å². The number of amides is 1. The summed E-state index contributed by atoms with van der Waals surface area (Å²) < 4.78 is 5.19. The van der Waals surface area contributed by atoms with Gasteiger partial charge in [-0.1, -0.05) is 11.6 Å². The molecule has 8 nitrogen and oxygen atoms in total. The van der Waals surface area contributed by atoms with Gasteiger partial charge in [0.2, 0.25) is 0 Å². The molecule has 1 amide bonds. The van der Waals surface area contributed by atoms with E-state index in [-0.39, 0.29) is 22.1 Å². The number of halogens is 1. The second-order valence-corrected chi connectivity index (χ2v) is 4.93. The lowest BCUT2D eigenvalue weighted by Crippen LogP contribution is -2.12. The molecule has 2 heterocycles. The Bertz CT molecular complexity index is 873.